The molecule has 9 heteroatoms. The Kier molecular flexibility index (Phi) is 6.93. The average molecular weight is 484 g/mol. The molecule has 0 saturated heterocycles. The zero-order valence-corrected chi connectivity index (χ0v) is 18.9. The molecule has 3 aromatic rings. The van der Waals surface area contributed by atoms with E-state index in [9.17, 15) is 13.2 Å². The van der Waals surface area contributed by atoms with Crippen molar-refractivity contribution < 1.29 is 13.2 Å². The van der Waals surface area contributed by atoms with Gasteiger partial charge in [-0.1, -0.05) is 53.0 Å². The Hall–Kier alpha value is -2.25. The first-order valence-corrected chi connectivity index (χ1v) is 11.3. The maximum absolute atomic E-state index is 13.3. The monoisotopic (exact) mass is 482 g/mol. The van der Waals surface area contributed by atoms with E-state index in [-0.39, 0.29) is 20.6 Å². The second-order valence-electron chi connectivity index (χ2n) is 6.43. The van der Waals surface area contributed by atoms with E-state index in [1.54, 1.807) is 43.3 Å². The van der Waals surface area contributed by atoms with Gasteiger partial charge in [-0.05, 0) is 61.0 Å². The van der Waals surface area contributed by atoms with Crippen molar-refractivity contribution >= 4 is 62.1 Å². The normalized spacial score (nSPS) is 11.2. The summed E-state index contributed by atoms with van der Waals surface area (Å²) in [5.41, 5.74) is 1.38. The van der Waals surface area contributed by atoms with Crippen LogP contribution in [0.1, 0.15) is 5.56 Å². The minimum atomic E-state index is -4.09. The van der Waals surface area contributed by atoms with E-state index in [0.717, 1.165) is 9.87 Å². The van der Waals surface area contributed by atoms with Gasteiger partial charge >= 0.3 is 0 Å². The van der Waals surface area contributed by atoms with E-state index in [1.165, 1.54) is 30.3 Å². The van der Waals surface area contributed by atoms with Crippen LogP contribution < -0.4 is 9.62 Å². The second-order valence-corrected chi connectivity index (χ2v) is 9.57. The fourth-order valence-corrected chi connectivity index (χ4v) is 4.90. The summed E-state index contributed by atoms with van der Waals surface area (Å²) in [5, 5.41) is 3.68. The molecule has 3 aromatic carbocycles. The van der Waals surface area contributed by atoms with Crippen LogP contribution in [0.4, 0.5) is 11.4 Å². The molecule has 0 saturated carbocycles. The van der Waals surface area contributed by atoms with Crippen LogP contribution >= 0.6 is 34.8 Å². The third-order valence-corrected chi connectivity index (χ3v) is 6.82. The van der Waals surface area contributed by atoms with Gasteiger partial charge in [-0.25, -0.2) is 8.42 Å². The summed E-state index contributed by atoms with van der Waals surface area (Å²) in [6.45, 7) is 1.28. The highest BCUT2D eigenvalue weighted by Crippen LogP contribution is 2.33. The lowest BCUT2D eigenvalue weighted by molar-refractivity contribution is -0.114. The van der Waals surface area contributed by atoms with Crippen LogP contribution in [0.25, 0.3) is 0 Å². The SMILES string of the molecule is Cc1cc(Cl)ccc1NC(=O)CN(c1cc(Cl)ccc1Cl)S(=O)(=O)c1ccccc1. The van der Waals surface area contributed by atoms with E-state index < -0.39 is 22.5 Å². The van der Waals surface area contributed by atoms with Gasteiger partial charge in [0.05, 0.1) is 15.6 Å². The van der Waals surface area contributed by atoms with Gasteiger partial charge in [0.2, 0.25) is 5.91 Å². The van der Waals surface area contributed by atoms with Gasteiger partial charge in [0.1, 0.15) is 6.54 Å². The number of benzene rings is 3. The number of nitrogens with one attached hydrogen (secondary N) is 1. The molecule has 0 radical (unpaired) electrons. The van der Waals surface area contributed by atoms with Gasteiger partial charge in [-0.2, -0.15) is 0 Å². The molecule has 0 fully saturated rings. The molecule has 5 nitrogen and oxygen atoms in total. The van der Waals surface area contributed by atoms with Gasteiger partial charge in [-0.3, -0.25) is 9.10 Å². The number of rotatable bonds is 6. The smallest absolute Gasteiger partial charge is 0.264 e. The third kappa shape index (κ3) is 5.08. The number of carbonyl (C=O) groups excluding carboxylic acids is 1. The van der Waals surface area contributed by atoms with Crippen molar-refractivity contribution in [3.63, 3.8) is 0 Å². The van der Waals surface area contributed by atoms with Crippen LogP contribution in [0, 0.1) is 6.92 Å². The maximum atomic E-state index is 13.3. The molecule has 0 atom stereocenters. The Morgan fingerprint density at radius 2 is 1.57 bits per heavy atom. The highest BCUT2D eigenvalue weighted by molar-refractivity contribution is 7.92. The van der Waals surface area contributed by atoms with E-state index in [4.69, 9.17) is 34.8 Å². The molecule has 0 heterocycles. The van der Waals surface area contributed by atoms with Crippen LogP contribution in [-0.4, -0.2) is 20.9 Å². The quantitative estimate of drug-likeness (QED) is 0.482. The van der Waals surface area contributed by atoms with E-state index in [1.807, 2.05) is 0 Å². The van der Waals surface area contributed by atoms with Crippen LogP contribution in [0.15, 0.2) is 71.6 Å². The van der Waals surface area contributed by atoms with E-state index >= 15 is 0 Å². The number of carbonyl (C=O) groups is 1. The standard InChI is InChI=1S/C21H17Cl3N2O3S/c1-14-11-15(22)8-10-19(14)25-21(27)13-26(20-12-16(23)7-9-18(20)24)30(28,29)17-5-3-2-4-6-17/h2-12H,13H2,1H3,(H,25,27). The molecular formula is C21H17Cl3N2O3S. The Bertz CT molecular complexity index is 1190. The molecule has 0 aromatic heterocycles. The van der Waals surface area contributed by atoms with Crippen LogP contribution in [0.2, 0.25) is 15.1 Å². The first kappa shape index (κ1) is 22.4. The molecule has 3 rings (SSSR count). The summed E-state index contributed by atoms with van der Waals surface area (Å²) >= 11 is 18.3. The zero-order valence-electron chi connectivity index (χ0n) is 15.8. The molecule has 0 aliphatic heterocycles. The lowest BCUT2D eigenvalue weighted by Gasteiger charge is -2.25. The Morgan fingerprint density at radius 3 is 2.23 bits per heavy atom. The second kappa shape index (κ2) is 9.27. The summed E-state index contributed by atoms with van der Waals surface area (Å²) in [6.07, 6.45) is 0. The summed E-state index contributed by atoms with van der Waals surface area (Å²) < 4.78 is 27.6. The largest absolute Gasteiger partial charge is 0.324 e. The topological polar surface area (TPSA) is 66.5 Å². The number of anilines is 2. The first-order chi connectivity index (χ1) is 14.2. The molecule has 1 amide bonds. The summed E-state index contributed by atoms with van der Waals surface area (Å²) in [6, 6.07) is 17.2. The van der Waals surface area contributed by atoms with Crippen molar-refractivity contribution in [2.45, 2.75) is 11.8 Å². The minimum Gasteiger partial charge on any atom is -0.324 e. The number of amides is 1. The number of sulfonamides is 1. The predicted octanol–water partition coefficient (Wildman–Crippen LogP) is 5.79. The first-order valence-electron chi connectivity index (χ1n) is 8.77. The lowest BCUT2D eigenvalue weighted by atomic mass is 10.2. The number of nitrogens with zero attached hydrogens (tertiary/aromatic N) is 1. The van der Waals surface area contributed by atoms with Gasteiger partial charge in [0, 0.05) is 15.7 Å². The number of aryl methyl sites for hydroxylation is 1. The van der Waals surface area contributed by atoms with Gasteiger partial charge in [0.15, 0.2) is 0 Å². The van der Waals surface area contributed by atoms with Crippen molar-refractivity contribution in [3.8, 4) is 0 Å². The molecule has 30 heavy (non-hydrogen) atoms. The summed E-state index contributed by atoms with van der Waals surface area (Å²) in [5.74, 6) is -0.545. The van der Waals surface area contributed by atoms with Crippen LogP contribution in [0.5, 0.6) is 0 Å². The van der Waals surface area contributed by atoms with Crippen LogP contribution in [-0.2, 0) is 14.8 Å². The molecule has 1 N–H and O–H groups in total. The lowest BCUT2D eigenvalue weighted by Crippen LogP contribution is -2.38. The maximum Gasteiger partial charge on any atom is 0.264 e. The highest BCUT2D eigenvalue weighted by Gasteiger charge is 2.29. The van der Waals surface area contributed by atoms with E-state index in [2.05, 4.69) is 5.32 Å². The molecule has 0 spiro atoms. The molecule has 0 aliphatic carbocycles. The van der Waals surface area contributed by atoms with Gasteiger partial charge < -0.3 is 5.32 Å². The summed E-state index contributed by atoms with van der Waals surface area (Å²) in [7, 11) is -4.09. The fourth-order valence-electron chi connectivity index (χ4n) is 2.78. The van der Waals surface area contributed by atoms with Crippen molar-refractivity contribution in [2.75, 3.05) is 16.2 Å². The van der Waals surface area contributed by atoms with Crippen molar-refractivity contribution in [1.29, 1.82) is 0 Å². The number of hydrogen-bond acceptors (Lipinski definition) is 3. The Balaban J connectivity index is 1.99. The van der Waals surface area contributed by atoms with E-state index in [0.29, 0.717) is 10.7 Å². The van der Waals surface area contributed by atoms with Crippen molar-refractivity contribution in [1.82, 2.24) is 0 Å². The summed E-state index contributed by atoms with van der Waals surface area (Å²) in [4.78, 5) is 12.8. The van der Waals surface area contributed by atoms with Crippen molar-refractivity contribution in [2.24, 2.45) is 0 Å². The minimum absolute atomic E-state index is 0.0246. The van der Waals surface area contributed by atoms with Gasteiger partial charge in [-0.15, -0.1) is 0 Å². The van der Waals surface area contributed by atoms with Crippen LogP contribution in [0.3, 0.4) is 0 Å². The van der Waals surface area contributed by atoms with Crippen molar-refractivity contribution in [3.05, 3.63) is 87.4 Å². The Morgan fingerprint density at radius 1 is 0.933 bits per heavy atom. The predicted molar refractivity (Wildman–Crippen MR) is 122 cm³/mol. The zero-order chi connectivity index (χ0) is 21.9. The number of halogens is 3. The Labute approximate surface area is 190 Å². The number of hydrogen-bond donors (Lipinski definition) is 1. The highest BCUT2D eigenvalue weighted by atomic mass is 35.5. The average Bonchev–Trinajstić information content (AvgIpc) is 2.71. The molecule has 0 bridgehead atoms. The van der Waals surface area contributed by atoms with Gasteiger partial charge in [0.25, 0.3) is 10.0 Å². The molecule has 0 aliphatic rings. The molecular weight excluding hydrogens is 467 g/mol. The molecule has 156 valence electrons. The third-order valence-electron chi connectivity index (χ3n) is 4.26. The fraction of sp³-hybridized carbons (Fsp3) is 0.0952. The molecule has 0 unspecified atom stereocenters.